The number of carbonyl (C=O) groups excluding carboxylic acids is 2. The monoisotopic (exact) mass is 380 g/mol. The first-order valence-electron chi connectivity index (χ1n) is 7.98. The number of hydrogen-bond acceptors (Lipinski definition) is 5. The van der Waals surface area contributed by atoms with E-state index in [1.54, 1.807) is 22.4 Å². The summed E-state index contributed by atoms with van der Waals surface area (Å²) in [6.07, 6.45) is 0.170. The van der Waals surface area contributed by atoms with Crippen LogP contribution in [0.3, 0.4) is 0 Å². The van der Waals surface area contributed by atoms with Crippen molar-refractivity contribution in [2.75, 3.05) is 20.2 Å². The Bertz CT molecular complexity index is 728. The minimum absolute atomic E-state index is 0.170. The summed E-state index contributed by atoms with van der Waals surface area (Å²) in [5.41, 5.74) is 1.30. The molecule has 0 N–H and O–H groups in total. The zero-order chi connectivity index (χ0) is 18.4. The summed E-state index contributed by atoms with van der Waals surface area (Å²) in [5, 5.41) is 3.16. The number of amides is 1. The fourth-order valence-corrected chi connectivity index (χ4v) is 3.23. The standard InChI is InChI=1S/C18H21ClN2O3S/c1-12(2)10-21(9-8-16(22)24-3)18(23)15-11-25-17(20-15)13-4-6-14(19)7-5-13/h4-7,11-12H,8-10H2,1-3H3. The van der Waals surface area contributed by atoms with Gasteiger partial charge in [-0.3, -0.25) is 9.59 Å². The molecule has 1 heterocycles. The minimum Gasteiger partial charge on any atom is -0.469 e. The van der Waals surface area contributed by atoms with E-state index in [-0.39, 0.29) is 24.2 Å². The van der Waals surface area contributed by atoms with Crippen molar-refractivity contribution in [2.24, 2.45) is 5.92 Å². The Kier molecular flexibility index (Phi) is 6.96. The maximum absolute atomic E-state index is 12.8. The van der Waals surface area contributed by atoms with Crippen molar-refractivity contribution >= 4 is 34.8 Å². The molecule has 7 heteroatoms. The van der Waals surface area contributed by atoms with Crippen molar-refractivity contribution in [1.29, 1.82) is 0 Å². The fraction of sp³-hybridized carbons (Fsp3) is 0.389. The van der Waals surface area contributed by atoms with E-state index >= 15 is 0 Å². The van der Waals surface area contributed by atoms with Gasteiger partial charge in [0.05, 0.1) is 13.5 Å². The third-order valence-corrected chi connectivity index (χ3v) is 4.64. The second kappa shape index (κ2) is 8.97. The van der Waals surface area contributed by atoms with Crippen LogP contribution in [-0.4, -0.2) is 42.0 Å². The molecule has 5 nitrogen and oxygen atoms in total. The van der Waals surface area contributed by atoms with Crippen LogP contribution in [0.4, 0.5) is 0 Å². The Morgan fingerprint density at radius 1 is 1.28 bits per heavy atom. The summed E-state index contributed by atoms with van der Waals surface area (Å²) >= 11 is 7.31. The van der Waals surface area contributed by atoms with Crippen molar-refractivity contribution in [3.63, 3.8) is 0 Å². The van der Waals surface area contributed by atoms with Crippen molar-refractivity contribution in [2.45, 2.75) is 20.3 Å². The van der Waals surface area contributed by atoms with Gasteiger partial charge in [-0.1, -0.05) is 37.6 Å². The third kappa shape index (κ3) is 5.54. The van der Waals surface area contributed by atoms with E-state index < -0.39 is 0 Å². The summed E-state index contributed by atoms with van der Waals surface area (Å²) in [6.45, 7) is 4.93. The molecule has 1 aromatic carbocycles. The van der Waals surface area contributed by atoms with Gasteiger partial charge >= 0.3 is 5.97 Å². The molecule has 0 radical (unpaired) electrons. The van der Waals surface area contributed by atoms with Crippen molar-refractivity contribution in [1.82, 2.24) is 9.88 Å². The summed E-state index contributed by atoms with van der Waals surface area (Å²) in [7, 11) is 1.34. The molecule has 0 atom stereocenters. The molecule has 2 aromatic rings. The maximum atomic E-state index is 12.8. The van der Waals surface area contributed by atoms with Crippen LogP contribution in [0.25, 0.3) is 10.6 Å². The molecule has 0 spiro atoms. The van der Waals surface area contributed by atoms with Gasteiger partial charge in [0.25, 0.3) is 5.91 Å². The number of thiazole rings is 1. The highest BCUT2D eigenvalue weighted by Gasteiger charge is 2.21. The Hall–Kier alpha value is -1.92. The van der Waals surface area contributed by atoms with E-state index in [1.807, 2.05) is 26.0 Å². The van der Waals surface area contributed by atoms with E-state index in [9.17, 15) is 9.59 Å². The van der Waals surface area contributed by atoms with Crippen LogP contribution < -0.4 is 0 Å². The van der Waals surface area contributed by atoms with Gasteiger partial charge in [0.15, 0.2) is 0 Å². The molecule has 25 heavy (non-hydrogen) atoms. The maximum Gasteiger partial charge on any atom is 0.307 e. The summed E-state index contributed by atoms with van der Waals surface area (Å²) in [5.74, 6) is -0.216. The highest BCUT2D eigenvalue weighted by Crippen LogP contribution is 2.25. The number of aromatic nitrogens is 1. The third-order valence-electron chi connectivity index (χ3n) is 3.50. The molecule has 1 amide bonds. The number of esters is 1. The Morgan fingerprint density at radius 3 is 2.56 bits per heavy atom. The van der Waals surface area contributed by atoms with Gasteiger partial charge in [0.2, 0.25) is 0 Å². The lowest BCUT2D eigenvalue weighted by Crippen LogP contribution is -2.36. The lowest BCUT2D eigenvalue weighted by atomic mass is 10.2. The van der Waals surface area contributed by atoms with Gasteiger partial charge in [-0.25, -0.2) is 4.98 Å². The first-order valence-corrected chi connectivity index (χ1v) is 9.24. The first-order chi connectivity index (χ1) is 11.9. The topological polar surface area (TPSA) is 59.5 Å². The Morgan fingerprint density at radius 2 is 1.96 bits per heavy atom. The van der Waals surface area contributed by atoms with Crippen LogP contribution in [0.5, 0.6) is 0 Å². The lowest BCUT2D eigenvalue weighted by molar-refractivity contribution is -0.140. The number of ether oxygens (including phenoxy) is 1. The normalized spacial score (nSPS) is 10.8. The molecule has 0 bridgehead atoms. The molecule has 1 aromatic heterocycles. The molecule has 2 rings (SSSR count). The number of carbonyl (C=O) groups is 2. The van der Waals surface area contributed by atoms with Gasteiger partial charge < -0.3 is 9.64 Å². The van der Waals surface area contributed by atoms with Crippen molar-refractivity contribution in [3.05, 3.63) is 40.4 Å². The first kappa shape index (κ1) is 19.4. The van der Waals surface area contributed by atoms with Crippen LogP contribution in [-0.2, 0) is 9.53 Å². The number of hydrogen-bond donors (Lipinski definition) is 0. The number of nitrogens with zero attached hydrogens (tertiary/aromatic N) is 2. The highest BCUT2D eigenvalue weighted by atomic mass is 35.5. The van der Waals surface area contributed by atoms with Crippen LogP contribution in [0.15, 0.2) is 29.6 Å². The van der Waals surface area contributed by atoms with Gasteiger partial charge in [-0.15, -0.1) is 11.3 Å². The van der Waals surface area contributed by atoms with Crippen molar-refractivity contribution in [3.8, 4) is 10.6 Å². The molecule has 0 aliphatic carbocycles. The second-order valence-corrected chi connectivity index (χ2v) is 7.31. The largest absolute Gasteiger partial charge is 0.469 e. The highest BCUT2D eigenvalue weighted by molar-refractivity contribution is 7.13. The predicted octanol–water partition coefficient (Wildman–Crippen LogP) is 4.12. The Labute approximate surface area is 156 Å². The second-order valence-electron chi connectivity index (χ2n) is 6.02. The Balaban J connectivity index is 2.15. The van der Waals surface area contributed by atoms with Gasteiger partial charge in [0, 0.05) is 29.1 Å². The summed E-state index contributed by atoms with van der Waals surface area (Å²) in [4.78, 5) is 30.3. The zero-order valence-corrected chi connectivity index (χ0v) is 16.1. The van der Waals surface area contributed by atoms with E-state index in [1.165, 1.54) is 18.4 Å². The quantitative estimate of drug-likeness (QED) is 0.678. The van der Waals surface area contributed by atoms with Crippen LogP contribution >= 0.6 is 22.9 Å². The fourth-order valence-electron chi connectivity index (χ4n) is 2.30. The van der Waals surface area contributed by atoms with Crippen LogP contribution in [0, 0.1) is 5.92 Å². The molecule has 134 valence electrons. The molecule has 0 saturated heterocycles. The van der Waals surface area contributed by atoms with Gasteiger partial charge in [0.1, 0.15) is 10.7 Å². The van der Waals surface area contributed by atoms with Crippen LogP contribution in [0.2, 0.25) is 5.02 Å². The van der Waals surface area contributed by atoms with Crippen molar-refractivity contribution < 1.29 is 14.3 Å². The zero-order valence-electron chi connectivity index (χ0n) is 14.5. The van der Waals surface area contributed by atoms with E-state index in [0.29, 0.717) is 23.8 Å². The molecular formula is C18H21ClN2O3S. The minimum atomic E-state index is -0.332. The molecule has 0 fully saturated rings. The molecule has 0 aliphatic heterocycles. The molecule has 0 aliphatic rings. The van der Waals surface area contributed by atoms with Gasteiger partial charge in [-0.05, 0) is 18.1 Å². The SMILES string of the molecule is COC(=O)CCN(CC(C)C)C(=O)c1csc(-c2ccc(Cl)cc2)n1. The molecular weight excluding hydrogens is 360 g/mol. The van der Waals surface area contributed by atoms with E-state index in [0.717, 1.165) is 10.6 Å². The average Bonchev–Trinajstić information content (AvgIpc) is 3.08. The van der Waals surface area contributed by atoms with Gasteiger partial charge in [-0.2, -0.15) is 0 Å². The summed E-state index contributed by atoms with van der Waals surface area (Å²) in [6, 6.07) is 7.33. The average molecular weight is 381 g/mol. The lowest BCUT2D eigenvalue weighted by Gasteiger charge is -2.23. The molecule has 0 saturated carbocycles. The smallest absolute Gasteiger partial charge is 0.307 e. The number of benzene rings is 1. The molecule has 0 unspecified atom stereocenters. The number of rotatable bonds is 7. The summed E-state index contributed by atoms with van der Waals surface area (Å²) < 4.78 is 4.66. The van der Waals surface area contributed by atoms with E-state index in [4.69, 9.17) is 11.6 Å². The van der Waals surface area contributed by atoms with E-state index in [2.05, 4.69) is 9.72 Å². The predicted molar refractivity (Wildman–Crippen MR) is 99.9 cm³/mol. The van der Waals surface area contributed by atoms with Crippen LogP contribution in [0.1, 0.15) is 30.8 Å². The number of halogens is 1. The number of methoxy groups -OCH3 is 1.